The van der Waals surface area contributed by atoms with Gasteiger partial charge in [-0.1, -0.05) is 26.0 Å². The second-order valence-electron chi connectivity index (χ2n) is 8.28. The van der Waals surface area contributed by atoms with Gasteiger partial charge in [0.2, 0.25) is 0 Å². The van der Waals surface area contributed by atoms with Crippen LogP contribution in [0.15, 0.2) is 18.2 Å². The van der Waals surface area contributed by atoms with Gasteiger partial charge < -0.3 is 28.4 Å². The van der Waals surface area contributed by atoms with Crippen LogP contribution < -0.4 is 4.74 Å². The predicted molar refractivity (Wildman–Crippen MR) is 118 cm³/mol. The van der Waals surface area contributed by atoms with E-state index >= 15 is 0 Å². The molecule has 0 aromatic heterocycles. The van der Waals surface area contributed by atoms with Gasteiger partial charge in [0.25, 0.3) is 0 Å². The Bertz CT molecular complexity index is 909. The third-order valence-electron chi connectivity index (χ3n) is 5.22. The fourth-order valence-electron chi connectivity index (χ4n) is 3.80. The molecule has 0 radical (unpaired) electrons. The molecule has 1 saturated heterocycles. The summed E-state index contributed by atoms with van der Waals surface area (Å²) in [5, 5.41) is 0. The topological polar surface area (TPSA) is 124 Å². The summed E-state index contributed by atoms with van der Waals surface area (Å²) in [6, 6.07) is 5.50. The number of benzene rings is 1. The average molecular weight is 481 g/mol. The highest BCUT2D eigenvalue weighted by Gasteiger charge is 2.53. The minimum absolute atomic E-state index is 0.221. The summed E-state index contributed by atoms with van der Waals surface area (Å²) in [5.41, 5.74) is 1.52. The maximum absolute atomic E-state index is 12.0. The summed E-state index contributed by atoms with van der Waals surface area (Å²) in [4.78, 5) is 47.3. The smallest absolute Gasteiger partial charge is 0.303 e. The Morgan fingerprint density at radius 3 is 1.91 bits per heavy atom. The van der Waals surface area contributed by atoms with E-state index in [0.29, 0.717) is 11.3 Å². The number of esters is 4. The third kappa shape index (κ3) is 6.93. The highest BCUT2D eigenvalue weighted by molar-refractivity contribution is 5.69. The molecule has 1 aromatic carbocycles. The Morgan fingerprint density at radius 1 is 0.853 bits per heavy atom. The van der Waals surface area contributed by atoms with Crippen molar-refractivity contribution in [2.24, 2.45) is 0 Å². The lowest BCUT2D eigenvalue weighted by atomic mass is 9.89. The first-order valence-electron chi connectivity index (χ1n) is 10.9. The van der Waals surface area contributed by atoms with Gasteiger partial charge in [-0.2, -0.15) is 0 Å². The minimum Gasteiger partial charge on any atom is -0.496 e. The van der Waals surface area contributed by atoms with Crippen molar-refractivity contribution >= 4 is 23.9 Å². The van der Waals surface area contributed by atoms with Gasteiger partial charge in [-0.25, -0.2) is 0 Å². The van der Waals surface area contributed by atoms with Crippen molar-refractivity contribution in [3.63, 3.8) is 0 Å². The Labute approximate surface area is 198 Å². The maximum atomic E-state index is 12.0. The Hall–Kier alpha value is -3.14. The molecular weight excluding hydrogens is 448 g/mol. The average Bonchev–Trinajstić information content (AvgIpc) is 2.73. The molecule has 1 aromatic rings. The number of carbonyl (C=O) groups is 4. The molecule has 10 heteroatoms. The molecule has 5 unspecified atom stereocenters. The summed E-state index contributed by atoms with van der Waals surface area (Å²) in [6.07, 6.45) is -5.64. The molecule has 0 bridgehead atoms. The first-order valence-corrected chi connectivity index (χ1v) is 10.9. The standard InChI is InChI=1S/C24H32O10/c1-12(2)17-8-9-18(19(10-17)29-7)21-23(32-15(5)27)24(33-16(6)28)22(31-14(4)26)20(34-21)11-30-13(3)25/h8-10,12,20-24H,11H2,1-7H3. The number of carbonyl (C=O) groups excluding carboxylic acids is 4. The van der Waals surface area contributed by atoms with Crippen molar-refractivity contribution in [2.45, 2.75) is 78.0 Å². The summed E-state index contributed by atoms with van der Waals surface area (Å²) < 4.78 is 33.3. The monoisotopic (exact) mass is 480 g/mol. The number of ether oxygens (including phenoxy) is 6. The molecule has 1 heterocycles. The predicted octanol–water partition coefficient (Wildman–Crippen LogP) is 2.62. The second kappa shape index (κ2) is 11.8. The van der Waals surface area contributed by atoms with E-state index in [1.165, 1.54) is 34.8 Å². The van der Waals surface area contributed by atoms with Crippen LogP contribution in [-0.2, 0) is 42.9 Å². The highest BCUT2D eigenvalue weighted by atomic mass is 16.7. The molecule has 0 amide bonds. The van der Waals surface area contributed by atoms with Crippen LogP contribution in [0.5, 0.6) is 5.75 Å². The molecule has 1 fully saturated rings. The van der Waals surface area contributed by atoms with Crippen LogP contribution in [0.25, 0.3) is 0 Å². The first-order chi connectivity index (χ1) is 15.9. The fraction of sp³-hybridized carbons (Fsp3) is 0.583. The van der Waals surface area contributed by atoms with Crippen LogP contribution in [0.1, 0.15) is 64.7 Å². The number of methoxy groups -OCH3 is 1. The molecule has 1 aliphatic heterocycles. The molecule has 10 nitrogen and oxygen atoms in total. The molecule has 1 aliphatic rings. The van der Waals surface area contributed by atoms with Crippen LogP contribution in [0.3, 0.4) is 0 Å². The molecule has 2 rings (SSSR count). The van der Waals surface area contributed by atoms with Crippen LogP contribution in [0, 0.1) is 0 Å². The minimum atomic E-state index is -1.24. The zero-order valence-corrected chi connectivity index (χ0v) is 20.5. The quantitative estimate of drug-likeness (QED) is 0.405. The normalized spacial score (nSPS) is 24.2. The van der Waals surface area contributed by atoms with E-state index in [9.17, 15) is 19.2 Å². The van der Waals surface area contributed by atoms with Gasteiger partial charge in [-0.3, -0.25) is 19.2 Å². The van der Waals surface area contributed by atoms with E-state index in [2.05, 4.69) is 0 Å². The molecule has 34 heavy (non-hydrogen) atoms. The summed E-state index contributed by atoms with van der Waals surface area (Å²) in [5.74, 6) is -1.92. The first kappa shape index (κ1) is 27.1. The Morgan fingerprint density at radius 2 is 1.41 bits per heavy atom. The summed E-state index contributed by atoms with van der Waals surface area (Å²) in [6.45, 7) is 8.55. The molecule has 0 aliphatic carbocycles. The van der Waals surface area contributed by atoms with Gasteiger partial charge >= 0.3 is 23.9 Å². The van der Waals surface area contributed by atoms with Crippen molar-refractivity contribution in [1.82, 2.24) is 0 Å². The van der Waals surface area contributed by atoms with Crippen molar-refractivity contribution in [3.8, 4) is 5.75 Å². The molecular formula is C24H32O10. The van der Waals surface area contributed by atoms with Gasteiger partial charge in [0, 0.05) is 33.3 Å². The van der Waals surface area contributed by atoms with E-state index in [4.69, 9.17) is 28.4 Å². The lowest BCUT2D eigenvalue weighted by Crippen LogP contribution is -2.59. The second-order valence-corrected chi connectivity index (χ2v) is 8.28. The van der Waals surface area contributed by atoms with Gasteiger partial charge in [0.1, 0.15) is 24.6 Å². The van der Waals surface area contributed by atoms with Crippen molar-refractivity contribution in [1.29, 1.82) is 0 Å². The zero-order valence-electron chi connectivity index (χ0n) is 20.5. The lowest BCUT2D eigenvalue weighted by Gasteiger charge is -2.44. The van der Waals surface area contributed by atoms with Crippen LogP contribution in [0.4, 0.5) is 0 Å². The third-order valence-corrected chi connectivity index (χ3v) is 5.22. The molecule has 0 saturated carbocycles. The summed E-state index contributed by atoms with van der Waals surface area (Å²) >= 11 is 0. The molecule has 188 valence electrons. The van der Waals surface area contributed by atoms with Crippen molar-refractivity contribution in [2.75, 3.05) is 13.7 Å². The van der Waals surface area contributed by atoms with Gasteiger partial charge in [-0.05, 0) is 17.5 Å². The SMILES string of the molecule is COc1cc(C(C)C)ccc1C1OC(COC(C)=O)C(OC(C)=O)C(OC(C)=O)C1OC(C)=O. The van der Waals surface area contributed by atoms with Crippen LogP contribution >= 0.6 is 0 Å². The van der Waals surface area contributed by atoms with E-state index < -0.39 is 54.4 Å². The van der Waals surface area contributed by atoms with Gasteiger partial charge in [0.05, 0.1) is 7.11 Å². The highest BCUT2D eigenvalue weighted by Crippen LogP contribution is 2.41. The summed E-state index contributed by atoms with van der Waals surface area (Å²) in [7, 11) is 1.49. The van der Waals surface area contributed by atoms with E-state index in [-0.39, 0.29) is 12.5 Å². The number of hydrogen-bond donors (Lipinski definition) is 0. The van der Waals surface area contributed by atoms with Gasteiger partial charge in [-0.15, -0.1) is 0 Å². The van der Waals surface area contributed by atoms with Crippen molar-refractivity contribution in [3.05, 3.63) is 29.3 Å². The van der Waals surface area contributed by atoms with E-state index in [1.54, 1.807) is 6.07 Å². The molecule has 0 spiro atoms. The van der Waals surface area contributed by atoms with Gasteiger partial charge in [0.15, 0.2) is 18.3 Å². The van der Waals surface area contributed by atoms with Crippen LogP contribution in [0.2, 0.25) is 0 Å². The Kier molecular flexibility index (Phi) is 9.43. The number of hydrogen-bond acceptors (Lipinski definition) is 10. The maximum Gasteiger partial charge on any atom is 0.303 e. The Balaban J connectivity index is 2.64. The fourth-order valence-corrected chi connectivity index (χ4v) is 3.80. The van der Waals surface area contributed by atoms with E-state index in [1.807, 2.05) is 26.0 Å². The molecule has 5 atom stereocenters. The van der Waals surface area contributed by atoms with Crippen LogP contribution in [-0.4, -0.2) is 62.0 Å². The van der Waals surface area contributed by atoms with E-state index in [0.717, 1.165) is 5.56 Å². The number of rotatable bonds is 8. The van der Waals surface area contributed by atoms with Crippen molar-refractivity contribution < 1.29 is 47.6 Å². The lowest BCUT2D eigenvalue weighted by molar-refractivity contribution is -0.254. The molecule has 0 N–H and O–H groups in total. The zero-order chi connectivity index (χ0) is 25.6. The largest absolute Gasteiger partial charge is 0.496 e.